The molecule has 10 nitrogen and oxygen atoms in total. The van der Waals surface area contributed by atoms with Crippen LogP contribution in [0.5, 0.6) is 5.75 Å². The molecule has 0 aliphatic rings. The molecule has 4 rings (SSSR count). The van der Waals surface area contributed by atoms with Gasteiger partial charge in [0, 0.05) is 18.6 Å². The van der Waals surface area contributed by atoms with Crippen molar-refractivity contribution in [3.05, 3.63) is 59.1 Å². The van der Waals surface area contributed by atoms with Crippen molar-refractivity contribution in [1.82, 2.24) is 24.4 Å². The number of anilines is 1. The Labute approximate surface area is 183 Å². The lowest BCUT2D eigenvalue weighted by Gasteiger charge is -2.11. The summed E-state index contributed by atoms with van der Waals surface area (Å²) >= 11 is 5.79. The van der Waals surface area contributed by atoms with Crippen LogP contribution in [0.4, 0.5) is 14.5 Å². The molecule has 0 aliphatic heterocycles. The topological polar surface area (TPSA) is 124 Å². The molecule has 0 unspecified atom stereocenters. The van der Waals surface area contributed by atoms with Gasteiger partial charge in [0.2, 0.25) is 5.82 Å². The number of nitrogens with zero attached hydrogens (tertiary/aromatic N) is 5. The van der Waals surface area contributed by atoms with E-state index in [1.54, 1.807) is 12.3 Å². The van der Waals surface area contributed by atoms with Gasteiger partial charge in [0.25, 0.3) is 5.91 Å². The van der Waals surface area contributed by atoms with E-state index in [0.717, 1.165) is 17.9 Å². The Bertz CT molecular complexity index is 1370. The van der Waals surface area contributed by atoms with E-state index in [0.29, 0.717) is 0 Å². The van der Waals surface area contributed by atoms with Crippen molar-refractivity contribution in [1.29, 1.82) is 0 Å². The lowest BCUT2D eigenvalue weighted by molar-refractivity contribution is -0.137. The number of hydrogen-bond acceptors (Lipinski definition) is 6. The SMILES string of the molecule is COc1c(-c2nn(CC(=O)O)cc2NC(=O)c2cnn3cccnc23)cc(Cl)c(F)c1F. The second kappa shape index (κ2) is 8.23. The maximum atomic E-state index is 14.4. The van der Waals surface area contributed by atoms with Crippen LogP contribution in [0.15, 0.2) is 36.9 Å². The summed E-state index contributed by atoms with van der Waals surface area (Å²) in [6.07, 6.45) is 5.62. The first-order valence-corrected chi connectivity index (χ1v) is 9.28. The van der Waals surface area contributed by atoms with E-state index < -0.39 is 40.8 Å². The third kappa shape index (κ3) is 3.71. The molecule has 0 aliphatic carbocycles. The molecule has 0 saturated carbocycles. The van der Waals surface area contributed by atoms with Gasteiger partial charge in [-0.1, -0.05) is 11.6 Å². The second-order valence-electron chi connectivity index (χ2n) is 6.45. The molecular weight excluding hydrogens is 450 g/mol. The van der Waals surface area contributed by atoms with E-state index in [4.69, 9.17) is 21.4 Å². The molecule has 0 bridgehead atoms. The summed E-state index contributed by atoms with van der Waals surface area (Å²) in [6, 6.07) is 2.70. The number of carboxylic acid groups (broad SMARTS) is 1. The summed E-state index contributed by atoms with van der Waals surface area (Å²) in [4.78, 5) is 28.1. The average Bonchev–Trinajstić information content (AvgIpc) is 3.35. The van der Waals surface area contributed by atoms with E-state index in [1.807, 2.05) is 0 Å². The van der Waals surface area contributed by atoms with Crippen LogP contribution in [0, 0.1) is 11.6 Å². The van der Waals surface area contributed by atoms with Gasteiger partial charge >= 0.3 is 5.97 Å². The van der Waals surface area contributed by atoms with Gasteiger partial charge in [-0.05, 0) is 12.1 Å². The number of nitrogens with one attached hydrogen (secondary N) is 1. The number of carboxylic acids is 1. The molecule has 0 atom stereocenters. The monoisotopic (exact) mass is 462 g/mol. The Kier molecular flexibility index (Phi) is 5.45. The molecule has 3 heterocycles. The number of benzene rings is 1. The fraction of sp³-hybridized carbons (Fsp3) is 0.105. The molecule has 1 amide bonds. The van der Waals surface area contributed by atoms with Crippen molar-refractivity contribution in [2.24, 2.45) is 0 Å². The van der Waals surface area contributed by atoms with E-state index in [9.17, 15) is 18.4 Å². The number of ether oxygens (including phenoxy) is 1. The second-order valence-corrected chi connectivity index (χ2v) is 6.86. The molecule has 0 saturated heterocycles. The lowest BCUT2D eigenvalue weighted by Crippen LogP contribution is -2.12. The van der Waals surface area contributed by atoms with Crippen LogP contribution in [-0.2, 0) is 11.3 Å². The highest BCUT2D eigenvalue weighted by atomic mass is 35.5. The summed E-state index contributed by atoms with van der Waals surface area (Å²) in [7, 11) is 1.12. The van der Waals surface area contributed by atoms with Crippen LogP contribution in [-0.4, -0.2) is 48.5 Å². The predicted octanol–water partition coefficient (Wildman–Crippen LogP) is 2.87. The number of halogens is 3. The number of aliphatic carboxylic acids is 1. The molecule has 13 heteroatoms. The van der Waals surface area contributed by atoms with Crippen LogP contribution in [0.1, 0.15) is 10.4 Å². The van der Waals surface area contributed by atoms with Crippen molar-refractivity contribution in [2.75, 3.05) is 12.4 Å². The molecule has 164 valence electrons. The summed E-state index contributed by atoms with van der Waals surface area (Å²) < 4.78 is 35.7. The van der Waals surface area contributed by atoms with Crippen molar-refractivity contribution < 1.29 is 28.2 Å². The van der Waals surface area contributed by atoms with Gasteiger partial charge in [0.15, 0.2) is 17.2 Å². The smallest absolute Gasteiger partial charge is 0.325 e. The quantitative estimate of drug-likeness (QED) is 0.422. The largest absolute Gasteiger partial charge is 0.493 e. The lowest BCUT2D eigenvalue weighted by atomic mass is 10.1. The number of rotatable bonds is 6. The number of fused-ring (bicyclic) bond motifs is 1. The number of amides is 1. The van der Waals surface area contributed by atoms with Gasteiger partial charge in [-0.3, -0.25) is 14.3 Å². The predicted molar refractivity (Wildman–Crippen MR) is 108 cm³/mol. The average molecular weight is 463 g/mol. The fourth-order valence-electron chi connectivity index (χ4n) is 3.06. The first-order valence-electron chi connectivity index (χ1n) is 8.91. The first kappa shape index (κ1) is 21.2. The molecule has 0 radical (unpaired) electrons. The fourth-order valence-corrected chi connectivity index (χ4v) is 3.25. The Balaban J connectivity index is 1.82. The van der Waals surface area contributed by atoms with Gasteiger partial charge in [-0.25, -0.2) is 13.9 Å². The highest BCUT2D eigenvalue weighted by Crippen LogP contribution is 2.39. The van der Waals surface area contributed by atoms with E-state index in [2.05, 4.69) is 20.5 Å². The number of aromatic nitrogens is 5. The molecule has 4 aromatic rings. The number of carbonyl (C=O) groups excluding carboxylic acids is 1. The molecule has 1 aromatic carbocycles. The highest BCUT2D eigenvalue weighted by molar-refractivity contribution is 6.31. The third-order valence-corrected chi connectivity index (χ3v) is 4.68. The number of methoxy groups -OCH3 is 1. The molecule has 32 heavy (non-hydrogen) atoms. The molecule has 2 N–H and O–H groups in total. The van der Waals surface area contributed by atoms with Crippen molar-refractivity contribution >= 4 is 34.8 Å². The summed E-state index contributed by atoms with van der Waals surface area (Å²) in [5, 5.41) is 19.3. The molecule has 0 fully saturated rings. The minimum absolute atomic E-state index is 0.00639. The zero-order valence-electron chi connectivity index (χ0n) is 16.2. The zero-order chi connectivity index (χ0) is 23.0. The first-order chi connectivity index (χ1) is 15.3. The number of hydrogen-bond donors (Lipinski definition) is 2. The van der Waals surface area contributed by atoms with E-state index in [-0.39, 0.29) is 28.2 Å². The van der Waals surface area contributed by atoms with Gasteiger partial charge in [0.05, 0.1) is 29.6 Å². The Morgan fingerprint density at radius 2 is 2.09 bits per heavy atom. The Morgan fingerprint density at radius 1 is 1.31 bits per heavy atom. The normalized spacial score (nSPS) is 11.0. The standard InChI is InChI=1S/C19H13ClF2N6O4/c1-32-17-9(5-11(20)14(21)15(17)22)16-12(7-27(26-16)8-13(29)30)25-19(31)10-6-24-28-4-2-3-23-18(10)28/h2-7H,8H2,1H3,(H,25,31)(H,29,30). The number of carbonyl (C=O) groups is 2. The summed E-state index contributed by atoms with van der Waals surface area (Å²) in [6.45, 7) is -0.555. The maximum Gasteiger partial charge on any atom is 0.325 e. The summed E-state index contributed by atoms with van der Waals surface area (Å²) in [5.74, 6) is -5.03. The van der Waals surface area contributed by atoms with E-state index >= 15 is 0 Å². The van der Waals surface area contributed by atoms with Gasteiger partial charge in [0.1, 0.15) is 17.8 Å². The highest BCUT2D eigenvalue weighted by Gasteiger charge is 2.25. The van der Waals surface area contributed by atoms with Crippen LogP contribution < -0.4 is 10.1 Å². The molecule has 3 aromatic heterocycles. The van der Waals surface area contributed by atoms with Crippen LogP contribution in [0.2, 0.25) is 5.02 Å². The molecular formula is C19H13ClF2N6O4. The van der Waals surface area contributed by atoms with Gasteiger partial charge in [-0.15, -0.1) is 0 Å². The van der Waals surface area contributed by atoms with Crippen LogP contribution in [0.25, 0.3) is 16.9 Å². The Hall–Kier alpha value is -4.06. The maximum absolute atomic E-state index is 14.4. The van der Waals surface area contributed by atoms with Crippen molar-refractivity contribution in [3.63, 3.8) is 0 Å². The van der Waals surface area contributed by atoms with Crippen LogP contribution >= 0.6 is 11.6 Å². The third-order valence-electron chi connectivity index (χ3n) is 4.41. The minimum Gasteiger partial charge on any atom is -0.493 e. The zero-order valence-corrected chi connectivity index (χ0v) is 17.0. The summed E-state index contributed by atoms with van der Waals surface area (Å²) in [5.41, 5.74) is 0.234. The van der Waals surface area contributed by atoms with Crippen LogP contribution in [0.3, 0.4) is 0 Å². The van der Waals surface area contributed by atoms with Gasteiger partial charge in [-0.2, -0.15) is 14.6 Å². The van der Waals surface area contributed by atoms with Crippen molar-refractivity contribution in [2.45, 2.75) is 6.54 Å². The van der Waals surface area contributed by atoms with Gasteiger partial charge < -0.3 is 15.2 Å². The minimum atomic E-state index is -1.35. The van der Waals surface area contributed by atoms with E-state index in [1.165, 1.54) is 23.1 Å². The Morgan fingerprint density at radius 3 is 2.81 bits per heavy atom. The molecule has 0 spiro atoms. The van der Waals surface area contributed by atoms with Crippen molar-refractivity contribution in [3.8, 4) is 17.0 Å².